The van der Waals surface area contributed by atoms with Gasteiger partial charge in [-0.05, 0) is 76.0 Å². The number of nitrogens with zero attached hydrogens (tertiary/aromatic N) is 2. The number of carbonyl (C=O) groups excluding carboxylic acids is 3. The first-order chi connectivity index (χ1) is 21.2. The molecule has 4 rings (SSSR count). The number of hydrogen-bond donors (Lipinski definition) is 2. The van der Waals surface area contributed by atoms with Gasteiger partial charge in [-0.15, -0.1) is 0 Å². The number of hydrogen-bond acceptors (Lipinski definition) is 8. The third-order valence-corrected chi connectivity index (χ3v) is 8.63. The number of esters is 1. The molecule has 3 N–H and O–H groups in total. The van der Waals surface area contributed by atoms with E-state index in [1.54, 1.807) is 17.0 Å². The highest BCUT2D eigenvalue weighted by atomic mass is 19.1. The molecule has 1 fully saturated rings. The second-order valence-corrected chi connectivity index (χ2v) is 11.3. The van der Waals surface area contributed by atoms with Crippen LogP contribution in [0.25, 0.3) is 0 Å². The zero-order valence-corrected chi connectivity index (χ0v) is 25.8. The van der Waals surface area contributed by atoms with Crippen LogP contribution in [0.1, 0.15) is 50.2 Å². The SMILES string of the molecule is COC(=O)C1(c2ccccc2)CCN(CCCN(C=O)C2=C(COCCN)NC(C)=C(C(C)=O)C2c2ccc(F)cc2)CC1. The van der Waals surface area contributed by atoms with Crippen molar-refractivity contribution in [2.24, 2.45) is 5.73 Å². The Morgan fingerprint density at radius 3 is 2.41 bits per heavy atom. The molecule has 1 unspecified atom stereocenters. The summed E-state index contributed by atoms with van der Waals surface area (Å²) < 4.78 is 24.9. The topological polar surface area (TPSA) is 114 Å². The Hall–Kier alpha value is -3.86. The van der Waals surface area contributed by atoms with Gasteiger partial charge in [-0.1, -0.05) is 42.5 Å². The van der Waals surface area contributed by atoms with E-state index in [1.807, 2.05) is 37.3 Å². The third kappa shape index (κ3) is 7.26. The van der Waals surface area contributed by atoms with Crippen LogP contribution in [0.3, 0.4) is 0 Å². The van der Waals surface area contributed by atoms with Crippen LogP contribution >= 0.6 is 0 Å². The van der Waals surface area contributed by atoms with E-state index in [0.717, 1.165) is 12.0 Å². The molecule has 0 saturated carbocycles. The number of allylic oxidation sites excluding steroid dienone is 2. The van der Waals surface area contributed by atoms with E-state index in [1.165, 1.54) is 26.2 Å². The second-order valence-electron chi connectivity index (χ2n) is 11.3. The van der Waals surface area contributed by atoms with Crippen molar-refractivity contribution >= 4 is 18.2 Å². The van der Waals surface area contributed by atoms with E-state index < -0.39 is 11.3 Å². The van der Waals surface area contributed by atoms with Gasteiger partial charge < -0.3 is 30.3 Å². The minimum absolute atomic E-state index is 0.143. The van der Waals surface area contributed by atoms with Gasteiger partial charge >= 0.3 is 5.97 Å². The van der Waals surface area contributed by atoms with Crippen LogP contribution in [-0.2, 0) is 29.3 Å². The Bertz CT molecular complexity index is 1370. The fraction of sp³-hybridized carbons (Fsp3) is 0.441. The number of piperidine rings is 1. The number of nitrogens with two attached hydrogens (primary N) is 1. The number of rotatable bonds is 14. The summed E-state index contributed by atoms with van der Waals surface area (Å²) in [6.45, 7) is 6.67. The van der Waals surface area contributed by atoms with E-state index in [0.29, 0.717) is 86.8 Å². The van der Waals surface area contributed by atoms with E-state index >= 15 is 0 Å². The predicted octanol–water partition coefficient (Wildman–Crippen LogP) is 3.62. The molecule has 2 aromatic rings. The van der Waals surface area contributed by atoms with Crippen molar-refractivity contribution in [2.45, 2.75) is 44.4 Å². The van der Waals surface area contributed by atoms with Crippen molar-refractivity contribution in [3.8, 4) is 0 Å². The molecular weight excluding hydrogens is 563 g/mol. The molecule has 2 aliphatic rings. The summed E-state index contributed by atoms with van der Waals surface area (Å²) in [7, 11) is 1.44. The first-order valence-electron chi connectivity index (χ1n) is 15.1. The van der Waals surface area contributed by atoms with Gasteiger partial charge in [-0.2, -0.15) is 0 Å². The highest BCUT2D eigenvalue weighted by Crippen LogP contribution is 2.40. The first-order valence-corrected chi connectivity index (χ1v) is 15.1. The summed E-state index contributed by atoms with van der Waals surface area (Å²) in [5.74, 6) is -1.33. The van der Waals surface area contributed by atoms with E-state index in [4.69, 9.17) is 15.2 Å². The number of nitrogens with one attached hydrogen (secondary N) is 1. The molecule has 44 heavy (non-hydrogen) atoms. The molecule has 0 aliphatic carbocycles. The number of methoxy groups -OCH3 is 1. The molecule has 1 saturated heterocycles. The highest BCUT2D eigenvalue weighted by molar-refractivity contribution is 5.97. The predicted molar refractivity (Wildman–Crippen MR) is 166 cm³/mol. The van der Waals surface area contributed by atoms with Crippen LogP contribution in [0.2, 0.25) is 0 Å². The zero-order chi connectivity index (χ0) is 31.7. The van der Waals surface area contributed by atoms with Crippen LogP contribution in [0.4, 0.5) is 4.39 Å². The Kier molecular flexibility index (Phi) is 11.4. The maximum absolute atomic E-state index is 13.9. The monoisotopic (exact) mass is 606 g/mol. The Labute approximate surface area is 258 Å². The summed E-state index contributed by atoms with van der Waals surface area (Å²) in [5, 5.41) is 3.31. The minimum Gasteiger partial charge on any atom is -0.468 e. The number of amides is 1. The number of likely N-dealkylation sites (tertiary alicyclic amines) is 1. The summed E-state index contributed by atoms with van der Waals surface area (Å²) in [6.07, 6.45) is 2.71. The third-order valence-electron chi connectivity index (χ3n) is 8.63. The normalized spacial score (nSPS) is 18.5. The fourth-order valence-corrected chi connectivity index (χ4v) is 6.46. The first kappa shape index (κ1) is 33.0. The van der Waals surface area contributed by atoms with Crippen LogP contribution in [0.15, 0.2) is 77.3 Å². The lowest BCUT2D eigenvalue weighted by atomic mass is 9.72. The molecule has 1 amide bonds. The molecule has 1 atom stereocenters. The van der Waals surface area contributed by atoms with E-state index in [9.17, 15) is 18.8 Å². The van der Waals surface area contributed by atoms with Gasteiger partial charge in [0.15, 0.2) is 5.78 Å². The molecule has 0 spiro atoms. The van der Waals surface area contributed by atoms with Crippen LogP contribution < -0.4 is 11.1 Å². The number of dihydropyridines is 1. The molecule has 0 radical (unpaired) electrons. The van der Waals surface area contributed by atoms with Gasteiger partial charge in [0.1, 0.15) is 5.82 Å². The quantitative estimate of drug-likeness (QED) is 0.191. The Balaban J connectivity index is 1.54. The second kappa shape index (κ2) is 15.2. The standard InChI is InChI=1S/C34H43FN4O5/c1-24-30(25(2)41)31(26-10-12-28(35)13-11-26)32(29(37-24)22-44-21-16-36)39(23-40)18-7-17-38-19-14-34(15-20-38,33(42)43-3)27-8-5-4-6-9-27/h4-6,8-13,23,31,37H,7,14-22,36H2,1-3H3. The largest absolute Gasteiger partial charge is 0.468 e. The molecule has 9 nitrogen and oxygen atoms in total. The lowest BCUT2D eigenvalue weighted by molar-refractivity contribution is -0.149. The average molecular weight is 607 g/mol. The summed E-state index contributed by atoms with van der Waals surface area (Å²) in [5.41, 5.74) is 9.08. The van der Waals surface area contributed by atoms with Crippen molar-refractivity contribution in [3.05, 3.63) is 94.2 Å². The van der Waals surface area contributed by atoms with Crippen LogP contribution in [-0.4, -0.2) is 81.0 Å². The lowest BCUT2D eigenvalue weighted by Gasteiger charge is -2.40. The number of carbonyl (C=O) groups is 3. The zero-order valence-electron chi connectivity index (χ0n) is 25.8. The fourth-order valence-electron chi connectivity index (χ4n) is 6.46. The molecule has 2 aromatic carbocycles. The van der Waals surface area contributed by atoms with Gasteiger partial charge in [0, 0.05) is 24.4 Å². The average Bonchev–Trinajstić information content (AvgIpc) is 3.04. The molecule has 2 heterocycles. The highest BCUT2D eigenvalue weighted by Gasteiger charge is 2.44. The molecule has 0 bridgehead atoms. The molecular formula is C34H43FN4O5. The van der Waals surface area contributed by atoms with Crippen LogP contribution in [0, 0.1) is 5.82 Å². The van der Waals surface area contributed by atoms with Gasteiger partial charge in [0.2, 0.25) is 6.41 Å². The van der Waals surface area contributed by atoms with Crippen molar-refractivity contribution in [2.75, 3.05) is 53.0 Å². The van der Waals surface area contributed by atoms with E-state index in [-0.39, 0.29) is 24.2 Å². The van der Waals surface area contributed by atoms with Crippen LogP contribution in [0.5, 0.6) is 0 Å². The molecule has 2 aliphatic heterocycles. The van der Waals surface area contributed by atoms with Crippen molar-refractivity contribution in [1.82, 2.24) is 15.1 Å². The van der Waals surface area contributed by atoms with Gasteiger partial charge in [-0.25, -0.2) is 4.39 Å². The number of ether oxygens (including phenoxy) is 2. The smallest absolute Gasteiger partial charge is 0.316 e. The number of benzene rings is 2. The number of halogens is 1. The van der Waals surface area contributed by atoms with Gasteiger partial charge in [-0.3, -0.25) is 14.4 Å². The maximum atomic E-state index is 13.9. The number of Topliss-reactive ketones (excluding diaryl/α,β-unsaturated/α-hetero) is 1. The summed E-state index contributed by atoms with van der Waals surface area (Å²) >= 11 is 0. The number of ketones is 1. The molecule has 10 heteroatoms. The Morgan fingerprint density at radius 2 is 1.82 bits per heavy atom. The van der Waals surface area contributed by atoms with Crippen molar-refractivity contribution < 1.29 is 28.2 Å². The lowest BCUT2D eigenvalue weighted by Crippen LogP contribution is -2.48. The summed E-state index contributed by atoms with van der Waals surface area (Å²) in [4.78, 5) is 42.5. The van der Waals surface area contributed by atoms with Gasteiger partial charge in [0.25, 0.3) is 0 Å². The molecule has 0 aromatic heterocycles. The summed E-state index contributed by atoms with van der Waals surface area (Å²) in [6, 6.07) is 15.8. The van der Waals surface area contributed by atoms with Crippen molar-refractivity contribution in [3.63, 3.8) is 0 Å². The van der Waals surface area contributed by atoms with E-state index in [2.05, 4.69) is 10.2 Å². The molecule has 236 valence electrons. The Morgan fingerprint density at radius 1 is 1.14 bits per heavy atom. The maximum Gasteiger partial charge on any atom is 0.316 e. The van der Waals surface area contributed by atoms with Crippen molar-refractivity contribution in [1.29, 1.82) is 0 Å². The van der Waals surface area contributed by atoms with Gasteiger partial charge in [0.05, 0.1) is 43.1 Å². The minimum atomic E-state index is -0.673.